The molecule has 0 aromatic heterocycles. The maximum absolute atomic E-state index is 11.8. The van der Waals surface area contributed by atoms with Crippen molar-refractivity contribution in [1.82, 2.24) is 10.6 Å². The van der Waals surface area contributed by atoms with E-state index in [1.165, 1.54) is 14.0 Å². The van der Waals surface area contributed by atoms with Crippen molar-refractivity contribution in [3.8, 4) is 0 Å². The molecule has 7 heteroatoms. The number of hydrogen-bond acceptors (Lipinski definition) is 2. The van der Waals surface area contributed by atoms with Crippen LogP contribution in [-0.4, -0.2) is 24.1 Å². The Balaban J connectivity index is 4.39. The first kappa shape index (κ1) is 12.9. The number of carbonyl (C=O) groups is 1. The SMILES string of the molecule is CNC(=S)N/C(C)=C/C(=O)C(F)(F)F. The molecule has 0 rings (SSSR count). The van der Waals surface area contributed by atoms with Crippen LogP contribution in [0.1, 0.15) is 6.92 Å². The van der Waals surface area contributed by atoms with Crippen LogP contribution in [0.2, 0.25) is 0 Å². The van der Waals surface area contributed by atoms with Crippen LogP contribution >= 0.6 is 12.2 Å². The van der Waals surface area contributed by atoms with Crippen LogP contribution in [0.25, 0.3) is 0 Å². The average molecular weight is 226 g/mol. The van der Waals surface area contributed by atoms with Crippen molar-refractivity contribution in [2.75, 3.05) is 7.05 Å². The van der Waals surface area contributed by atoms with Crippen molar-refractivity contribution in [2.45, 2.75) is 13.1 Å². The summed E-state index contributed by atoms with van der Waals surface area (Å²) in [6.07, 6.45) is -4.39. The fraction of sp³-hybridized carbons (Fsp3) is 0.429. The van der Waals surface area contributed by atoms with Crippen molar-refractivity contribution in [1.29, 1.82) is 0 Å². The van der Waals surface area contributed by atoms with E-state index in [1.54, 1.807) is 0 Å². The number of allylic oxidation sites excluding steroid dienone is 2. The van der Waals surface area contributed by atoms with Gasteiger partial charge in [-0.3, -0.25) is 4.79 Å². The molecule has 80 valence electrons. The normalized spacial score (nSPS) is 12.2. The van der Waals surface area contributed by atoms with Gasteiger partial charge in [0, 0.05) is 18.8 Å². The molecule has 0 saturated carbocycles. The predicted octanol–water partition coefficient (Wildman–Crippen LogP) is 1.12. The second kappa shape index (κ2) is 4.94. The lowest BCUT2D eigenvalue weighted by Gasteiger charge is -2.07. The molecule has 0 heterocycles. The number of nitrogens with one attached hydrogen (secondary N) is 2. The minimum absolute atomic E-state index is 0.0340. The largest absolute Gasteiger partial charge is 0.454 e. The summed E-state index contributed by atoms with van der Waals surface area (Å²) in [4.78, 5) is 10.4. The molecule has 0 fully saturated rings. The van der Waals surface area contributed by atoms with Crippen LogP contribution in [-0.2, 0) is 4.79 Å². The maximum Gasteiger partial charge on any atom is 0.454 e. The van der Waals surface area contributed by atoms with Gasteiger partial charge in [-0.15, -0.1) is 0 Å². The lowest BCUT2D eigenvalue weighted by molar-refractivity contribution is -0.165. The Kier molecular flexibility index (Phi) is 4.55. The number of thiocarbonyl (C=S) groups is 1. The molecule has 0 spiro atoms. The molecule has 0 radical (unpaired) electrons. The third-order valence-electron chi connectivity index (χ3n) is 1.16. The summed E-state index contributed by atoms with van der Waals surface area (Å²) in [7, 11) is 1.51. The first-order valence-corrected chi connectivity index (χ1v) is 3.96. The van der Waals surface area contributed by atoms with Crippen LogP contribution in [0, 0.1) is 0 Å². The van der Waals surface area contributed by atoms with Gasteiger partial charge in [0.25, 0.3) is 5.78 Å². The number of halogens is 3. The highest BCUT2D eigenvalue weighted by Gasteiger charge is 2.36. The third kappa shape index (κ3) is 4.80. The van der Waals surface area contributed by atoms with Crippen LogP contribution in [0.5, 0.6) is 0 Å². The second-order valence-electron chi connectivity index (χ2n) is 2.39. The number of rotatable bonds is 2. The zero-order valence-corrected chi connectivity index (χ0v) is 8.34. The van der Waals surface area contributed by atoms with Gasteiger partial charge >= 0.3 is 6.18 Å². The van der Waals surface area contributed by atoms with Crippen molar-refractivity contribution in [3.63, 3.8) is 0 Å². The van der Waals surface area contributed by atoms with Gasteiger partial charge in [0.05, 0.1) is 0 Å². The first-order valence-electron chi connectivity index (χ1n) is 3.55. The first-order chi connectivity index (χ1) is 6.27. The number of ketones is 1. The quantitative estimate of drug-likeness (QED) is 0.547. The topological polar surface area (TPSA) is 41.1 Å². The molecule has 3 nitrogen and oxygen atoms in total. The third-order valence-corrected chi connectivity index (χ3v) is 1.47. The van der Waals surface area contributed by atoms with E-state index in [4.69, 9.17) is 0 Å². The average Bonchev–Trinajstić information content (AvgIpc) is 2.02. The van der Waals surface area contributed by atoms with Gasteiger partial charge in [0.2, 0.25) is 0 Å². The van der Waals surface area contributed by atoms with Gasteiger partial charge < -0.3 is 10.6 Å². The summed E-state index contributed by atoms with van der Waals surface area (Å²) >= 11 is 4.62. The minimum Gasteiger partial charge on any atom is -0.366 e. The lowest BCUT2D eigenvalue weighted by atomic mass is 10.3. The van der Waals surface area contributed by atoms with Crippen molar-refractivity contribution < 1.29 is 18.0 Å². The van der Waals surface area contributed by atoms with Gasteiger partial charge in [-0.1, -0.05) is 0 Å². The van der Waals surface area contributed by atoms with E-state index in [-0.39, 0.29) is 10.8 Å². The van der Waals surface area contributed by atoms with E-state index >= 15 is 0 Å². The Morgan fingerprint density at radius 2 is 1.93 bits per heavy atom. The van der Waals surface area contributed by atoms with E-state index in [9.17, 15) is 18.0 Å². The standard InChI is InChI=1S/C7H9F3N2OS/c1-4(12-6(14)11-2)3-5(13)7(8,9)10/h3H,1-2H3,(H2,11,12,14)/b4-3+. The van der Waals surface area contributed by atoms with E-state index in [0.717, 1.165) is 0 Å². The zero-order chi connectivity index (χ0) is 11.4. The highest BCUT2D eigenvalue weighted by molar-refractivity contribution is 7.80. The predicted molar refractivity (Wildman–Crippen MR) is 49.6 cm³/mol. The molecule has 0 atom stereocenters. The summed E-state index contributed by atoms with van der Waals surface area (Å²) in [5, 5.41) is 5.03. The highest BCUT2D eigenvalue weighted by atomic mass is 32.1. The smallest absolute Gasteiger partial charge is 0.366 e. The molecule has 0 aromatic rings. The highest BCUT2D eigenvalue weighted by Crippen LogP contribution is 2.16. The molecule has 14 heavy (non-hydrogen) atoms. The van der Waals surface area contributed by atoms with Gasteiger partial charge in [-0.05, 0) is 19.1 Å². The second-order valence-corrected chi connectivity index (χ2v) is 2.80. The molecule has 2 N–H and O–H groups in total. The van der Waals surface area contributed by atoms with Gasteiger partial charge in [-0.25, -0.2) is 0 Å². The van der Waals surface area contributed by atoms with Crippen LogP contribution in [0.15, 0.2) is 11.8 Å². The number of alkyl halides is 3. The summed E-state index contributed by atoms with van der Waals surface area (Å²) in [6.45, 7) is 1.31. The molecule has 0 amide bonds. The van der Waals surface area contributed by atoms with Crippen LogP contribution in [0.3, 0.4) is 0 Å². The maximum atomic E-state index is 11.8. The monoisotopic (exact) mass is 226 g/mol. The molecule has 0 aliphatic rings. The van der Waals surface area contributed by atoms with E-state index in [1.807, 2.05) is 0 Å². The zero-order valence-electron chi connectivity index (χ0n) is 7.53. The van der Waals surface area contributed by atoms with Crippen molar-refractivity contribution in [3.05, 3.63) is 11.8 Å². The Hall–Kier alpha value is -1.11. The molecule has 0 saturated heterocycles. The molecule has 0 bridgehead atoms. The molecule has 0 aliphatic heterocycles. The summed E-state index contributed by atoms with van der Waals surface area (Å²) in [5.41, 5.74) is 0.0340. The van der Waals surface area contributed by atoms with Crippen LogP contribution in [0.4, 0.5) is 13.2 Å². The molecular formula is C7H9F3N2OS. The number of hydrogen-bond donors (Lipinski definition) is 2. The van der Waals surface area contributed by atoms with Crippen molar-refractivity contribution >= 4 is 23.1 Å². The molecule has 0 aliphatic carbocycles. The van der Waals surface area contributed by atoms with Gasteiger partial charge in [-0.2, -0.15) is 13.2 Å². The van der Waals surface area contributed by atoms with Gasteiger partial charge in [0.15, 0.2) is 5.11 Å². The van der Waals surface area contributed by atoms with E-state index < -0.39 is 12.0 Å². The fourth-order valence-corrected chi connectivity index (χ4v) is 0.717. The Morgan fingerprint density at radius 1 is 1.43 bits per heavy atom. The van der Waals surface area contributed by atoms with E-state index in [2.05, 4.69) is 22.9 Å². The minimum atomic E-state index is -4.84. The molecule has 0 unspecified atom stereocenters. The summed E-state index contributed by atoms with van der Waals surface area (Å²) < 4.78 is 35.3. The number of carbonyl (C=O) groups excluding carboxylic acids is 1. The lowest BCUT2D eigenvalue weighted by Crippen LogP contribution is -2.32. The summed E-state index contributed by atoms with van der Waals surface area (Å²) in [6, 6.07) is 0. The molecular weight excluding hydrogens is 217 g/mol. The van der Waals surface area contributed by atoms with E-state index in [0.29, 0.717) is 6.08 Å². The van der Waals surface area contributed by atoms with Gasteiger partial charge in [0.1, 0.15) is 0 Å². The van der Waals surface area contributed by atoms with Crippen molar-refractivity contribution in [2.24, 2.45) is 0 Å². The fourth-order valence-electron chi connectivity index (χ4n) is 0.556. The van der Waals surface area contributed by atoms with Crippen LogP contribution < -0.4 is 10.6 Å². The Labute approximate surface area is 84.4 Å². The Bertz CT molecular complexity index is 273. The Morgan fingerprint density at radius 3 is 2.29 bits per heavy atom. The summed E-state index contributed by atoms with van der Waals surface area (Å²) in [5.74, 6) is -1.92. The molecule has 0 aromatic carbocycles.